The Morgan fingerprint density at radius 2 is 1.83 bits per heavy atom. The van der Waals surface area contributed by atoms with Gasteiger partial charge in [0.2, 0.25) is 0 Å². The average Bonchev–Trinajstić information content (AvgIpc) is 2.78. The van der Waals surface area contributed by atoms with Gasteiger partial charge in [-0.2, -0.15) is 4.99 Å². The summed E-state index contributed by atoms with van der Waals surface area (Å²) in [6.45, 7) is 10.2. The second-order valence-corrected chi connectivity index (χ2v) is 8.58. The third-order valence-electron chi connectivity index (χ3n) is 5.16. The molecule has 0 spiro atoms. The Labute approximate surface area is 189 Å². The van der Waals surface area contributed by atoms with Crippen LogP contribution in [0.25, 0.3) is 0 Å². The highest BCUT2D eigenvalue weighted by Gasteiger charge is 2.19. The number of benzene rings is 2. The maximum atomic E-state index is 6.01. The Kier molecular flexibility index (Phi) is 8.30. The van der Waals surface area contributed by atoms with Gasteiger partial charge in [0, 0.05) is 49.3 Å². The van der Waals surface area contributed by atoms with Gasteiger partial charge in [-0.1, -0.05) is 48.2 Å². The minimum atomic E-state index is 0.368. The highest BCUT2D eigenvalue weighted by molar-refractivity contribution is 8.13. The van der Waals surface area contributed by atoms with Crippen molar-refractivity contribution in [1.82, 2.24) is 4.90 Å². The summed E-state index contributed by atoms with van der Waals surface area (Å²) >= 11 is 6.81. The van der Waals surface area contributed by atoms with E-state index in [2.05, 4.69) is 57.9 Å². The van der Waals surface area contributed by atoms with Crippen LogP contribution in [-0.2, 0) is 5.75 Å². The summed E-state index contributed by atoms with van der Waals surface area (Å²) in [5, 5.41) is 3.97. The van der Waals surface area contributed by atoms with Crippen molar-refractivity contribution in [1.29, 1.82) is 0 Å². The zero-order chi connectivity index (χ0) is 21.3. The molecule has 1 aliphatic heterocycles. The fraction of sp³-hybridized carbons (Fsp3) is 0.304. The van der Waals surface area contributed by atoms with Crippen LogP contribution in [0.5, 0.6) is 0 Å². The van der Waals surface area contributed by atoms with Gasteiger partial charge in [-0.3, -0.25) is 4.90 Å². The predicted octanol–water partition coefficient (Wildman–Crippen LogP) is 4.33. The van der Waals surface area contributed by atoms with Crippen LogP contribution in [0.2, 0.25) is 0 Å². The summed E-state index contributed by atoms with van der Waals surface area (Å²) in [5.74, 6) is 0.770. The van der Waals surface area contributed by atoms with Gasteiger partial charge in [0.15, 0.2) is 10.3 Å². The van der Waals surface area contributed by atoms with E-state index in [1.807, 2.05) is 36.4 Å². The summed E-state index contributed by atoms with van der Waals surface area (Å²) < 4.78 is 0. The molecule has 2 aromatic rings. The molecule has 158 valence electrons. The van der Waals surface area contributed by atoms with Gasteiger partial charge >= 0.3 is 0 Å². The summed E-state index contributed by atoms with van der Waals surface area (Å²) in [4.78, 5) is 9.15. The van der Waals surface area contributed by atoms with E-state index in [9.17, 15) is 0 Å². The Balaban J connectivity index is 1.48. The smallest absolute Gasteiger partial charge is 0.199 e. The molecule has 3 rings (SSSR count). The largest absolute Gasteiger partial charge is 0.378 e. The molecule has 0 saturated carbocycles. The molecule has 0 aromatic heterocycles. The van der Waals surface area contributed by atoms with E-state index in [4.69, 9.17) is 18.0 Å². The number of amidine groups is 1. The number of nitrogens with zero attached hydrogens (tertiary/aromatic N) is 3. The normalized spacial score (nSPS) is 16.2. The van der Waals surface area contributed by atoms with E-state index in [0.717, 1.165) is 37.6 Å². The fourth-order valence-electron chi connectivity index (χ4n) is 3.31. The van der Waals surface area contributed by atoms with Crippen molar-refractivity contribution in [3.8, 4) is 0 Å². The molecule has 1 aliphatic rings. The quantitative estimate of drug-likeness (QED) is 0.302. The maximum Gasteiger partial charge on any atom is 0.199 e. The van der Waals surface area contributed by atoms with Crippen LogP contribution < -0.4 is 16.0 Å². The number of nitrogens with two attached hydrogens (primary N) is 1. The molecule has 1 saturated heterocycles. The van der Waals surface area contributed by atoms with Gasteiger partial charge in [0.25, 0.3) is 0 Å². The molecule has 0 bridgehead atoms. The number of anilines is 2. The zero-order valence-corrected chi connectivity index (χ0v) is 19.0. The molecule has 0 aliphatic carbocycles. The molecular weight excluding hydrogens is 410 g/mol. The number of rotatable bonds is 6. The Bertz CT molecular complexity index is 859. The molecular formula is C23H29N5S2. The number of thioether (sulfide) groups is 1. The van der Waals surface area contributed by atoms with Crippen LogP contribution in [0, 0.1) is 0 Å². The molecule has 2 aromatic carbocycles. The first kappa shape index (κ1) is 22.3. The van der Waals surface area contributed by atoms with Gasteiger partial charge in [0.1, 0.15) is 0 Å². The summed E-state index contributed by atoms with van der Waals surface area (Å²) in [7, 11) is 0. The minimum absolute atomic E-state index is 0.368. The Morgan fingerprint density at radius 1 is 1.17 bits per heavy atom. The monoisotopic (exact) mass is 439 g/mol. The van der Waals surface area contributed by atoms with Crippen LogP contribution in [0.1, 0.15) is 12.5 Å². The van der Waals surface area contributed by atoms with Crippen molar-refractivity contribution in [2.45, 2.75) is 18.7 Å². The molecule has 1 atom stereocenters. The fourth-order valence-corrected chi connectivity index (χ4v) is 4.24. The number of piperazine rings is 1. The van der Waals surface area contributed by atoms with Crippen molar-refractivity contribution >= 4 is 45.6 Å². The Hall–Kier alpha value is -2.35. The molecule has 5 nitrogen and oxygen atoms in total. The molecule has 1 heterocycles. The summed E-state index contributed by atoms with van der Waals surface area (Å²) in [6.07, 6.45) is 2.01. The predicted molar refractivity (Wildman–Crippen MR) is 135 cm³/mol. The highest BCUT2D eigenvalue weighted by atomic mass is 32.2. The first-order chi connectivity index (χ1) is 14.5. The lowest BCUT2D eigenvalue weighted by Crippen LogP contribution is -2.49. The molecule has 7 heteroatoms. The molecule has 0 amide bonds. The summed E-state index contributed by atoms with van der Waals surface area (Å²) in [5.41, 5.74) is 9.34. The number of hydrogen-bond donors (Lipinski definition) is 2. The van der Waals surface area contributed by atoms with Gasteiger partial charge in [-0.15, -0.1) is 6.58 Å². The lowest BCUT2D eigenvalue weighted by Gasteiger charge is -2.38. The lowest BCUT2D eigenvalue weighted by molar-refractivity contribution is 0.227. The second kappa shape index (κ2) is 11.2. The van der Waals surface area contributed by atoms with Crippen LogP contribution >= 0.6 is 24.0 Å². The van der Waals surface area contributed by atoms with E-state index in [1.54, 1.807) is 0 Å². The van der Waals surface area contributed by atoms with E-state index < -0.39 is 0 Å². The number of hydrogen-bond acceptors (Lipinski definition) is 4. The molecule has 30 heavy (non-hydrogen) atoms. The van der Waals surface area contributed by atoms with Crippen molar-refractivity contribution in [3.63, 3.8) is 0 Å². The third-order valence-corrected chi connectivity index (χ3v) is 6.21. The summed E-state index contributed by atoms with van der Waals surface area (Å²) in [6, 6.07) is 18.9. The van der Waals surface area contributed by atoms with Crippen molar-refractivity contribution in [3.05, 3.63) is 72.8 Å². The zero-order valence-electron chi connectivity index (χ0n) is 17.3. The van der Waals surface area contributed by atoms with Crippen molar-refractivity contribution in [2.24, 2.45) is 10.7 Å². The highest BCUT2D eigenvalue weighted by Crippen LogP contribution is 2.20. The minimum Gasteiger partial charge on any atom is -0.378 e. The molecule has 1 unspecified atom stereocenters. The van der Waals surface area contributed by atoms with E-state index >= 15 is 0 Å². The maximum absolute atomic E-state index is 6.01. The molecule has 3 N–H and O–H groups in total. The van der Waals surface area contributed by atoms with Gasteiger partial charge < -0.3 is 16.0 Å². The van der Waals surface area contributed by atoms with Crippen LogP contribution in [0.15, 0.2) is 72.2 Å². The topological polar surface area (TPSA) is 56.9 Å². The number of aliphatic imine (C=N–C) groups is 1. The van der Waals surface area contributed by atoms with Crippen LogP contribution in [0.3, 0.4) is 0 Å². The standard InChI is InChI=1S/C23H29N5S2/c1-3-18(2)27-13-15-28(16-14-27)21-11-9-20(10-12-21)25-23(29)26-22(24)30-17-19-7-5-4-6-8-19/h3-12,18H,1,13-17H2,2H3,(H3,24,25,26,29). The van der Waals surface area contributed by atoms with Gasteiger partial charge in [0.05, 0.1) is 0 Å². The number of thiocarbonyl (C=S) groups is 1. The molecule has 0 radical (unpaired) electrons. The second-order valence-electron chi connectivity index (χ2n) is 7.20. The SMILES string of the molecule is C=CC(C)N1CCN(c2ccc(NC(=S)/N=C(\N)SCc3ccccc3)cc2)CC1. The van der Waals surface area contributed by atoms with Crippen molar-refractivity contribution in [2.75, 3.05) is 36.4 Å². The first-order valence-electron chi connectivity index (χ1n) is 10.1. The Morgan fingerprint density at radius 3 is 2.47 bits per heavy atom. The van der Waals surface area contributed by atoms with E-state index in [1.165, 1.54) is 23.0 Å². The van der Waals surface area contributed by atoms with Crippen LogP contribution in [0.4, 0.5) is 11.4 Å². The van der Waals surface area contributed by atoms with E-state index in [-0.39, 0.29) is 0 Å². The first-order valence-corrected chi connectivity index (χ1v) is 11.5. The van der Waals surface area contributed by atoms with Crippen LogP contribution in [-0.4, -0.2) is 47.4 Å². The van der Waals surface area contributed by atoms with Crippen molar-refractivity contribution < 1.29 is 0 Å². The number of nitrogens with one attached hydrogen (secondary N) is 1. The van der Waals surface area contributed by atoms with E-state index in [0.29, 0.717) is 16.3 Å². The van der Waals surface area contributed by atoms with Gasteiger partial charge in [-0.05, 0) is 49.0 Å². The third kappa shape index (κ3) is 6.58. The lowest BCUT2D eigenvalue weighted by atomic mass is 10.2. The molecule has 1 fully saturated rings. The van der Waals surface area contributed by atoms with Gasteiger partial charge in [-0.25, -0.2) is 0 Å². The average molecular weight is 440 g/mol.